The third-order valence-corrected chi connectivity index (χ3v) is 5.30. The predicted octanol–water partition coefficient (Wildman–Crippen LogP) is 4.58. The van der Waals surface area contributed by atoms with E-state index in [1.54, 1.807) is 17.8 Å². The van der Waals surface area contributed by atoms with Gasteiger partial charge in [-0.15, -0.1) is 0 Å². The summed E-state index contributed by atoms with van der Waals surface area (Å²) in [6.07, 6.45) is 4.08. The highest BCUT2D eigenvalue weighted by atomic mass is 35.5. The lowest BCUT2D eigenvalue weighted by Crippen LogP contribution is -2.32. The standard InChI is InChI=1S/C13H19ClN2O2S/c1-4-13(5-2,19-3)9-15-11-8-10(14)6-7-12(11)16(17)18/h6-8,15H,4-5,9H2,1-3H3. The Morgan fingerprint density at radius 1 is 1.42 bits per heavy atom. The maximum Gasteiger partial charge on any atom is 0.292 e. The van der Waals surface area contributed by atoms with Gasteiger partial charge in [0.15, 0.2) is 0 Å². The molecule has 0 radical (unpaired) electrons. The first kappa shape index (κ1) is 16.1. The summed E-state index contributed by atoms with van der Waals surface area (Å²) in [5, 5.41) is 14.7. The lowest BCUT2D eigenvalue weighted by atomic mass is 10.0. The first-order valence-corrected chi connectivity index (χ1v) is 7.81. The van der Waals surface area contributed by atoms with E-state index in [1.165, 1.54) is 12.1 Å². The van der Waals surface area contributed by atoms with E-state index in [4.69, 9.17) is 11.6 Å². The van der Waals surface area contributed by atoms with Gasteiger partial charge in [-0.05, 0) is 31.2 Å². The fourth-order valence-corrected chi connectivity index (χ4v) is 2.89. The highest BCUT2D eigenvalue weighted by Gasteiger charge is 2.25. The van der Waals surface area contributed by atoms with Crippen molar-refractivity contribution in [3.63, 3.8) is 0 Å². The molecule has 0 aliphatic rings. The largest absolute Gasteiger partial charge is 0.378 e. The summed E-state index contributed by atoms with van der Waals surface area (Å²) in [5.74, 6) is 0. The zero-order valence-corrected chi connectivity index (χ0v) is 13.0. The monoisotopic (exact) mass is 302 g/mol. The van der Waals surface area contributed by atoms with E-state index in [0.29, 0.717) is 17.3 Å². The molecule has 19 heavy (non-hydrogen) atoms. The van der Waals surface area contributed by atoms with E-state index in [-0.39, 0.29) is 10.4 Å². The van der Waals surface area contributed by atoms with Gasteiger partial charge in [-0.25, -0.2) is 0 Å². The average Bonchev–Trinajstić information content (AvgIpc) is 2.40. The van der Waals surface area contributed by atoms with Crippen LogP contribution in [0.3, 0.4) is 0 Å². The van der Waals surface area contributed by atoms with Crippen LogP contribution in [0.4, 0.5) is 11.4 Å². The number of nitro benzene ring substituents is 1. The quantitative estimate of drug-likeness (QED) is 0.591. The molecule has 1 N–H and O–H groups in total. The second-order valence-electron chi connectivity index (χ2n) is 4.37. The van der Waals surface area contributed by atoms with E-state index in [1.807, 2.05) is 0 Å². The molecule has 1 aromatic carbocycles. The third-order valence-electron chi connectivity index (χ3n) is 3.48. The second-order valence-corrected chi connectivity index (χ2v) is 6.08. The number of benzene rings is 1. The third kappa shape index (κ3) is 4.01. The smallest absolute Gasteiger partial charge is 0.292 e. The van der Waals surface area contributed by atoms with E-state index < -0.39 is 4.92 Å². The van der Waals surface area contributed by atoms with Crippen molar-refractivity contribution in [3.05, 3.63) is 33.3 Å². The Labute approximate surface area is 123 Å². The minimum atomic E-state index is -0.392. The Balaban J connectivity index is 2.93. The van der Waals surface area contributed by atoms with Crippen LogP contribution in [0.25, 0.3) is 0 Å². The van der Waals surface area contributed by atoms with Crippen molar-refractivity contribution in [2.75, 3.05) is 18.1 Å². The van der Waals surface area contributed by atoms with Crippen molar-refractivity contribution in [3.8, 4) is 0 Å². The topological polar surface area (TPSA) is 55.2 Å². The molecule has 0 fully saturated rings. The fraction of sp³-hybridized carbons (Fsp3) is 0.538. The molecule has 0 heterocycles. The molecular weight excluding hydrogens is 284 g/mol. The number of anilines is 1. The van der Waals surface area contributed by atoms with Gasteiger partial charge in [0.1, 0.15) is 5.69 Å². The van der Waals surface area contributed by atoms with E-state index in [2.05, 4.69) is 25.4 Å². The van der Waals surface area contributed by atoms with Crippen molar-refractivity contribution in [1.29, 1.82) is 0 Å². The zero-order valence-electron chi connectivity index (χ0n) is 11.4. The molecule has 0 spiro atoms. The Hall–Kier alpha value is -0.940. The predicted molar refractivity (Wildman–Crippen MR) is 83.4 cm³/mol. The van der Waals surface area contributed by atoms with Gasteiger partial charge in [-0.1, -0.05) is 25.4 Å². The molecule has 0 atom stereocenters. The first-order chi connectivity index (χ1) is 8.98. The van der Waals surface area contributed by atoms with Gasteiger partial charge in [-0.2, -0.15) is 11.8 Å². The summed E-state index contributed by atoms with van der Waals surface area (Å²) in [5.41, 5.74) is 0.546. The van der Waals surface area contributed by atoms with Gasteiger partial charge in [0.25, 0.3) is 5.69 Å². The van der Waals surface area contributed by atoms with Crippen LogP contribution in [0, 0.1) is 10.1 Å². The molecule has 106 valence electrons. The highest BCUT2D eigenvalue weighted by molar-refractivity contribution is 8.00. The fourth-order valence-electron chi connectivity index (χ4n) is 1.93. The number of nitro groups is 1. The molecule has 0 amide bonds. The summed E-state index contributed by atoms with van der Waals surface area (Å²) >= 11 is 7.70. The van der Waals surface area contributed by atoms with Gasteiger partial charge in [0, 0.05) is 22.4 Å². The van der Waals surface area contributed by atoms with Gasteiger partial charge in [0.2, 0.25) is 0 Å². The molecule has 6 heteroatoms. The van der Waals surface area contributed by atoms with Crippen LogP contribution >= 0.6 is 23.4 Å². The van der Waals surface area contributed by atoms with Crippen LogP contribution in [-0.4, -0.2) is 22.5 Å². The summed E-state index contributed by atoms with van der Waals surface area (Å²) < 4.78 is 0.0934. The molecule has 0 aromatic heterocycles. The molecule has 0 aliphatic carbocycles. The summed E-state index contributed by atoms with van der Waals surface area (Å²) in [6, 6.07) is 4.58. The maximum absolute atomic E-state index is 11.0. The number of hydrogen-bond acceptors (Lipinski definition) is 4. The van der Waals surface area contributed by atoms with E-state index in [9.17, 15) is 10.1 Å². The normalized spacial score (nSPS) is 11.4. The van der Waals surface area contributed by atoms with Gasteiger partial charge >= 0.3 is 0 Å². The Morgan fingerprint density at radius 3 is 2.53 bits per heavy atom. The number of thioether (sulfide) groups is 1. The molecule has 4 nitrogen and oxygen atoms in total. The van der Waals surface area contributed by atoms with Gasteiger partial charge in [-0.3, -0.25) is 10.1 Å². The first-order valence-electron chi connectivity index (χ1n) is 6.21. The van der Waals surface area contributed by atoms with Crippen LogP contribution in [-0.2, 0) is 0 Å². The Morgan fingerprint density at radius 2 is 2.05 bits per heavy atom. The number of nitrogens with zero attached hydrogens (tertiary/aromatic N) is 1. The number of hydrogen-bond donors (Lipinski definition) is 1. The van der Waals surface area contributed by atoms with Crippen LogP contribution < -0.4 is 5.32 Å². The summed E-state index contributed by atoms with van der Waals surface area (Å²) in [4.78, 5) is 10.6. The second kappa shape index (κ2) is 7.01. The Kier molecular flexibility index (Phi) is 5.94. The number of halogens is 1. The minimum Gasteiger partial charge on any atom is -0.378 e. The van der Waals surface area contributed by atoms with E-state index in [0.717, 1.165) is 12.8 Å². The van der Waals surface area contributed by atoms with Crippen molar-refractivity contribution < 1.29 is 4.92 Å². The maximum atomic E-state index is 11.0. The molecular formula is C13H19ClN2O2S. The lowest BCUT2D eigenvalue weighted by molar-refractivity contribution is -0.384. The zero-order chi connectivity index (χ0) is 14.5. The number of rotatable bonds is 7. The van der Waals surface area contributed by atoms with Crippen LogP contribution in [0.1, 0.15) is 26.7 Å². The molecule has 0 unspecified atom stereocenters. The van der Waals surface area contributed by atoms with E-state index >= 15 is 0 Å². The van der Waals surface area contributed by atoms with Crippen molar-refractivity contribution in [2.24, 2.45) is 0 Å². The SMILES string of the molecule is CCC(CC)(CNc1cc(Cl)ccc1[N+](=O)[O-])SC. The minimum absolute atomic E-state index is 0.0617. The molecule has 1 rings (SSSR count). The molecule has 1 aromatic rings. The summed E-state index contributed by atoms with van der Waals surface area (Å²) in [6.45, 7) is 4.95. The molecule has 0 bridgehead atoms. The Bertz CT molecular complexity index is 442. The van der Waals surface area contributed by atoms with Crippen LogP contribution in [0.5, 0.6) is 0 Å². The highest BCUT2D eigenvalue weighted by Crippen LogP contribution is 2.33. The summed E-state index contributed by atoms with van der Waals surface area (Å²) in [7, 11) is 0. The van der Waals surface area contributed by atoms with Crippen LogP contribution in [0.15, 0.2) is 18.2 Å². The molecule has 0 aliphatic heterocycles. The van der Waals surface area contributed by atoms with Gasteiger partial charge < -0.3 is 5.32 Å². The molecule has 0 saturated carbocycles. The van der Waals surface area contributed by atoms with Crippen molar-refractivity contribution in [2.45, 2.75) is 31.4 Å². The lowest BCUT2D eigenvalue weighted by Gasteiger charge is -2.30. The van der Waals surface area contributed by atoms with Gasteiger partial charge in [0.05, 0.1) is 4.92 Å². The van der Waals surface area contributed by atoms with Crippen molar-refractivity contribution >= 4 is 34.7 Å². The number of nitrogens with one attached hydrogen (secondary N) is 1. The van der Waals surface area contributed by atoms with Crippen molar-refractivity contribution in [1.82, 2.24) is 0 Å². The van der Waals surface area contributed by atoms with Crippen LogP contribution in [0.2, 0.25) is 5.02 Å². The molecule has 0 saturated heterocycles. The average molecular weight is 303 g/mol.